The molecule has 0 heterocycles. The smallest absolute Gasteiger partial charge is 0.258 e. The Balaban J connectivity index is 3.60. The number of hydrogen-bond donors (Lipinski definition) is 0. The normalized spacial score (nSPS) is 9.81. The van der Waals surface area contributed by atoms with Gasteiger partial charge >= 0.3 is 11.4 Å². The Bertz CT molecular complexity index is 501. The third kappa shape index (κ3) is 1.88. The summed E-state index contributed by atoms with van der Waals surface area (Å²) in [5, 5.41) is 30.5. The molecule has 0 unspecified atom stereocenters. The van der Waals surface area contributed by atoms with Crippen LogP contribution in [0, 0.1) is 30.3 Å². The summed E-state index contributed by atoms with van der Waals surface area (Å²) >= 11 is 5.36. The van der Waals surface area contributed by atoms with Gasteiger partial charge in [0.15, 0.2) is 0 Å². The fourth-order valence-corrected chi connectivity index (χ4v) is 1.30. The van der Waals surface area contributed by atoms with E-state index in [9.17, 15) is 30.3 Å². The van der Waals surface area contributed by atoms with Crippen molar-refractivity contribution in [1.82, 2.24) is 0 Å². The van der Waals surface area contributed by atoms with Crippen molar-refractivity contribution in [2.24, 2.45) is 0 Å². The molecular formula is C6H2ClN3O6. The first-order valence-electron chi connectivity index (χ1n) is 3.62. The molecule has 0 aliphatic heterocycles. The Morgan fingerprint density at radius 3 is 1.69 bits per heavy atom. The Morgan fingerprint density at radius 2 is 1.31 bits per heavy atom. The third-order valence-corrected chi connectivity index (χ3v) is 2.02. The van der Waals surface area contributed by atoms with Crippen LogP contribution in [0.5, 0.6) is 0 Å². The maximum atomic E-state index is 10.5. The quantitative estimate of drug-likeness (QED) is 0.593. The molecule has 84 valence electrons. The first kappa shape index (κ1) is 11.8. The molecule has 0 amide bonds. The molecule has 1 aromatic carbocycles. The molecule has 0 aliphatic carbocycles. The molecular weight excluding hydrogens is 246 g/mol. The molecule has 16 heavy (non-hydrogen) atoms. The van der Waals surface area contributed by atoms with Gasteiger partial charge in [0.05, 0.1) is 14.8 Å². The van der Waals surface area contributed by atoms with Crippen LogP contribution >= 0.6 is 11.6 Å². The number of nitrogens with zero attached hydrogens (tertiary/aromatic N) is 3. The van der Waals surface area contributed by atoms with E-state index >= 15 is 0 Å². The monoisotopic (exact) mass is 247 g/mol. The summed E-state index contributed by atoms with van der Waals surface area (Å²) in [6, 6.07) is 1.41. The van der Waals surface area contributed by atoms with Crippen molar-refractivity contribution < 1.29 is 14.8 Å². The minimum Gasteiger partial charge on any atom is -0.258 e. The van der Waals surface area contributed by atoms with Crippen LogP contribution in [-0.4, -0.2) is 14.8 Å². The average molecular weight is 248 g/mol. The minimum absolute atomic E-state index is 0.669. The zero-order chi connectivity index (χ0) is 12.5. The molecule has 10 heteroatoms. The summed E-state index contributed by atoms with van der Waals surface area (Å²) in [5.74, 6) is 0. The van der Waals surface area contributed by atoms with E-state index in [1.807, 2.05) is 0 Å². The molecule has 0 spiro atoms. The number of nitro benzene ring substituents is 3. The lowest BCUT2D eigenvalue weighted by Crippen LogP contribution is -1.99. The Hall–Kier alpha value is -2.29. The fourth-order valence-electron chi connectivity index (χ4n) is 1.01. The van der Waals surface area contributed by atoms with Crippen molar-refractivity contribution in [3.63, 3.8) is 0 Å². The Kier molecular flexibility index (Phi) is 2.99. The standard InChI is InChI=1S/C6H2ClN3O6/c7-5-3(8(11)12)1-2-4(9(13)14)6(5)10(15)16/h1-2H. The lowest BCUT2D eigenvalue weighted by atomic mass is 10.2. The maximum absolute atomic E-state index is 10.5. The van der Waals surface area contributed by atoms with Gasteiger partial charge in [-0.05, 0) is 0 Å². The first-order chi connectivity index (χ1) is 7.36. The molecule has 1 aromatic rings. The lowest BCUT2D eigenvalue weighted by Gasteiger charge is -1.97. The van der Waals surface area contributed by atoms with Gasteiger partial charge in [-0.25, -0.2) is 0 Å². The molecule has 0 aromatic heterocycles. The maximum Gasteiger partial charge on any atom is 0.371 e. The molecule has 0 saturated carbocycles. The number of hydrogen-bond acceptors (Lipinski definition) is 6. The van der Waals surface area contributed by atoms with E-state index in [0.29, 0.717) is 6.07 Å². The summed E-state index contributed by atoms with van der Waals surface area (Å²) in [5.41, 5.74) is -2.72. The largest absolute Gasteiger partial charge is 0.371 e. The number of rotatable bonds is 3. The van der Waals surface area contributed by atoms with Crippen LogP contribution in [0.15, 0.2) is 12.1 Å². The summed E-state index contributed by atoms with van der Waals surface area (Å²) in [4.78, 5) is 28.2. The molecule has 1 rings (SSSR count). The second-order valence-corrected chi connectivity index (χ2v) is 2.92. The summed E-state index contributed by atoms with van der Waals surface area (Å²) < 4.78 is 0. The van der Waals surface area contributed by atoms with Gasteiger partial charge < -0.3 is 0 Å². The Morgan fingerprint density at radius 1 is 0.875 bits per heavy atom. The van der Waals surface area contributed by atoms with Crippen LogP contribution in [0.25, 0.3) is 0 Å². The zero-order valence-electron chi connectivity index (χ0n) is 7.32. The van der Waals surface area contributed by atoms with Crippen LogP contribution in [-0.2, 0) is 0 Å². The van der Waals surface area contributed by atoms with Gasteiger partial charge in [0.25, 0.3) is 5.69 Å². The van der Waals surface area contributed by atoms with Crippen LogP contribution in [0.2, 0.25) is 5.02 Å². The topological polar surface area (TPSA) is 129 Å². The number of benzene rings is 1. The number of nitro groups is 3. The second-order valence-electron chi connectivity index (χ2n) is 2.54. The highest BCUT2D eigenvalue weighted by molar-refractivity contribution is 6.35. The van der Waals surface area contributed by atoms with Crippen LogP contribution in [0.4, 0.5) is 17.1 Å². The summed E-state index contributed by atoms with van der Waals surface area (Å²) in [6.45, 7) is 0. The van der Waals surface area contributed by atoms with Gasteiger partial charge in [-0.2, -0.15) is 0 Å². The molecule has 0 fully saturated rings. The third-order valence-electron chi connectivity index (χ3n) is 1.65. The van der Waals surface area contributed by atoms with Crippen LogP contribution in [0.1, 0.15) is 0 Å². The highest BCUT2D eigenvalue weighted by atomic mass is 35.5. The highest BCUT2D eigenvalue weighted by Crippen LogP contribution is 2.40. The fraction of sp³-hybridized carbons (Fsp3) is 0. The van der Waals surface area contributed by atoms with Gasteiger partial charge in [-0.3, -0.25) is 30.3 Å². The minimum atomic E-state index is -1.13. The van der Waals surface area contributed by atoms with Crippen LogP contribution in [0.3, 0.4) is 0 Å². The van der Waals surface area contributed by atoms with Crippen molar-refractivity contribution >= 4 is 28.7 Å². The van der Waals surface area contributed by atoms with Crippen molar-refractivity contribution in [2.45, 2.75) is 0 Å². The molecule has 0 radical (unpaired) electrons. The molecule has 0 N–H and O–H groups in total. The van der Waals surface area contributed by atoms with E-state index in [-0.39, 0.29) is 0 Å². The first-order valence-corrected chi connectivity index (χ1v) is 3.99. The van der Waals surface area contributed by atoms with Crippen molar-refractivity contribution in [3.05, 3.63) is 47.5 Å². The van der Waals surface area contributed by atoms with E-state index in [2.05, 4.69) is 0 Å². The summed E-state index contributed by atoms with van der Waals surface area (Å²) in [7, 11) is 0. The van der Waals surface area contributed by atoms with E-state index in [0.717, 1.165) is 6.07 Å². The van der Waals surface area contributed by atoms with Gasteiger partial charge in [0, 0.05) is 12.1 Å². The number of halogens is 1. The van der Waals surface area contributed by atoms with Gasteiger partial charge in [-0.15, -0.1) is 0 Å². The van der Waals surface area contributed by atoms with Crippen molar-refractivity contribution in [3.8, 4) is 0 Å². The predicted octanol–water partition coefficient (Wildman–Crippen LogP) is 2.06. The molecule has 0 atom stereocenters. The van der Waals surface area contributed by atoms with Gasteiger partial charge in [-0.1, -0.05) is 11.6 Å². The van der Waals surface area contributed by atoms with E-state index in [4.69, 9.17) is 11.6 Å². The summed E-state index contributed by atoms with van der Waals surface area (Å²) in [6.07, 6.45) is 0. The predicted molar refractivity (Wildman–Crippen MR) is 51.4 cm³/mol. The van der Waals surface area contributed by atoms with Crippen molar-refractivity contribution in [1.29, 1.82) is 0 Å². The average Bonchev–Trinajstić information content (AvgIpc) is 2.15. The molecule has 0 aliphatic rings. The van der Waals surface area contributed by atoms with E-state index in [1.165, 1.54) is 0 Å². The molecule has 0 bridgehead atoms. The van der Waals surface area contributed by atoms with E-state index < -0.39 is 36.9 Å². The zero-order valence-corrected chi connectivity index (χ0v) is 8.08. The highest BCUT2D eigenvalue weighted by Gasteiger charge is 2.33. The Labute approximate surface area is 91.7 Å². The van der Waals surface area contributed by atoms with Crippen LogP contribution < -0.4 is 0 Å². The van der Waals surface area contributed by atoms with Gasteiger partial charge in [0.1, 0.15) is 0 Å². The van der Waals surface area contributed by atoms with Gasteiger partial charge in [0.2, 0.25) is 5.02 Å². The second kappa shape index (κ2) is 4.06. The molecule has 9 nitrogen and oxygen atoms in total. The van der Waals surface area contributed by atoms with E-state index in [1.54, 1.807) is 0 Å². The van der Waals surface area contributed by atoms with Crippen molar-refractivity contribution in [2.75, 3.05) is 0 Å². The SMILES string of the molecule is O=[N+]([O-])c1ccc([N+](=O)[O-])c([N+](=O)[O-])c1Cl. The molecule has 0 saturated heterocycles. The lowest BCUT2D eigenvalue weighted by molar-refractivity contribution is -0.424.